The molecular weight excluding hydrogens is 184 g/mol. The van der Waals surface area contributed by atoms with Gasteiger partial charge in [-0.25, -0.2) is 0 Å². The van der Waals surface area contributed by atoms with Gasteiger partial charge in [0, 0.05) is 5.41 Å². The summed E-state index contributed by atoms with van der Waals surface area (Å²) < 4.78 is 10.2. The molecule has 1 rings (SSSR count). The Hall–Kier alpha value is 0.400. The summed E-state index contributed by atoms with van der Waals surface area (Å²) in [6, 6.07) is 0. The molecule has 0 aromatic rings. The summed E-state index contributed by atoms with van der Waals surface area (Å²) in [5, 5.41) is 0. The Morgan fingerprint density at radius 2 is 2.33 bits per heavy atom. The van der Waals surface area contributed by atoms with Crippen molar-refractivity contribution in [2.75, 3.05) is 25.3 Å². The van der Waals surface area contributed by atoms with E-state index in [1.165, 1.54) is 0 Å². The van der Waals surface area contributed by atoms with Gasteiger partial charge in [0.25, 0.3) is 0 Å². The maximum absolute atomic E-state index is 5.18. The smallest absolute Gasteiger partial charge is 0.102 e. The van der Waals surface area contributed by atoms with Crippen LogP contribution in [0.25, 0.3) is 0 Å². The Bertz CT molecular complexity index is 91.1. The molecule has 0 saturated carbocycles. The molecule has 1 aliphatic rings. The summed E-state index contributed by atoms with van der Waals surface area (Å²) in [5.74, 6) is 0. The molecule has 9 heavy (non-hydrogen) atoms. The van der Waals surface area contributed by atoms with Crippen molar-refractivity contribution in [2.45, 2.75) is 6.92 Å². The van der Waals surface area contributed by atoms with E-state index in [0.717, 1.165) is 19.8 Å². The highest BCUT2D eigenvalue weighted by molar-refractivity contribution is 9.09. The monoisotopic (exact) mass is 194 g/mol. The molecule has 0 aromatic carbocycles. The van der Waals surface area contributed by atoms with E-state index in [2.05, 4.69) is 22.9 Å². The van der Waals surface area contributed by atoms with E-state index in [0.29, 0.717) is 10.9 Å². The second-order valence-electron chi connectivity index (χ2n) is 2.76. The van der Waals surface area contributed by atoms with E-state index < -0.39 is 0 Å². The number of alkyl halides is 1. The van der Waals surface area contributed by atoms with Crippen LogP contribution in [0.4, 0.5) is 0 Å². The van der Waals surface area contributed by atoms with Gasteiger partial charge in [-0.05, 0) is 0 Å². The Morgan fingerprint density at radius 1 is 1.67 bits per heavy atom. The Morgan fingerprint density at radius 3 is 2.67 bits per heavy atom. The van der Waals surface area contributed by atoms with Crippen LogP contribution in [0.5, 0.6) is 0 Å². The largest absolute Gasteiger partial charge is 0.380 e. The first-order chi connectivity index (χ1) is 4.27. The van der Waals surface area contributed by atoms with Gasteiger partial charge in [0.15, 0.2) is 0 Å². The number of hydrogen-bond acceptors (Lipinski definition) is 2. The maximum atomic E-state index is 5.18. The summed E-state index contributed by atoms with van der Waals surface area (Å²) >= 11 is 3.19. The van der Waals surface area contributed by atoms with Gasteiger partial charge in [-0.2, -0.15) is 0 Å². The Balaban J connectivity index is 2.09. The van der Waals surface area contributed by atoms with Crippen molar-refractivity contribution in [2.24, 2.45) is 5.41 Å². The standard InChI is InChI=1S/C6H11BrO2/c1-6(2-8-3-6)4-9-5-7/h2-5H2,1H3. The molecule has 1 aliphatic heterocycles. The van der Waals surface area contributed by atoms with Crippen molar-refractivity contribution in [1.29, 1.82) is 0 Å². The molecule has 0 atom stereocenters. The summed E-state index contributed by atoms with van der Waals surface area (Å²) in [4.78, 5) is 0. The highest BCUT2D eigenvalue weighted by atomic mass is 79.9. The zero-order chi connectivity index (χ0) is 6.74. The summed E-state index contributed by atoms with van der Waals surface area (Å²) in [6.07, 6.45) is 0. The minimum Gasteiger partial charge on any atom is -0.380 e. The molecular formula is C6H11BrO2. The van der Waals surface area contributed by atoms with Gasteiger partial charge < -0.3 is 9.47 Å². The fourth-order valence-electron chi connectivity index (χ4n) is 0.819. The van der Waals surface area contributed by atoms with Gasteiger partial charge in [0.1, 0.15) is 5.52 Å². The van der Waals surface area contributed by atoms with Crippen LogP contribution in [0.15, 0.2) is 0 Å². The molecule has 0 N–H and O–H groups in total. The van der Waals surface area contributed by atoms with Crippen molar-refractivity contribution in [3.8, 4) is 0 Å². The van der Waals surface area contributed by atoms with Crippen LogP contribution in [-0.2, 0) is 9.47 Å². The molecule has 0 aromatic heterocycles. The van der Waals surface area contributed by atoms with Crippen LogP contribution in [0, 0.1) is 5.41 Å². The normalized spacial score (nSPS) is 23.3. The molecule has 1 fully saturated rings. The average molecular weight is 195 g/mol. The van der Waals surface area contributed by atoms with Crippen LogP contribution in [0.1, 0.15) is 6.92 Å². The van der Waals surface area contributed by atoms with Gasteiger partial charge >= 0.3 is 0 Å². The van der Waals surface area contributed by atoms with Crippen LogP contribution in [-0.4, -0.2) is 25.3 Å². The van der Waals surface area contributed by atoms with Gasteiger partial charge in [0.05, 0.1) is 19.8 Å². The average Bonchev–Trinajstić information content (AvgIpc) is 1.79. The lowest BCUT2D eigenvalue weighted by atomic mass is 9.90. The molecule has 0 unspecified atom stereocenters. The number of ether oxygens (including phenoxy) is 2. The van der Waals surface area contributed by atoms with Crippen molar-refractivity contribution in [3.05, 3.63) is 0 Å². The molecule has 0 aliphatic carbocycles. The third-order valence-corrected chi connectivity index (χ3v) is 1.75. The maximum Gasteiger partial charge on any atom is 0.102 e. The highest BCUT2D eigenvalue weighted by Crippen LogP contribution is 2.26. The molecule has 2 nitrogen and oxygen atoms in total. The minimum atomic E-state index is 0.299. The van der Waals surface area contributed by atoms with Crippen molar-refractivity contribution < 1.29 is 9.47 Å². The fourth-order valence-corrected chi connectivity index (χ4v) is 0.981. The van der Waals surface area contributed by atoms with Crippen molar-refractivity contribution in [3.63, 3.8) is 0 Å². The van der Waals surface area contributed by atoms with Crippen LogP contribution < -0.4 is 0 Å². The second-order valence-corrected chi connectivity index (χ2v) is 3.22. The predicted octanol–water partition coefficient (Wildman–Crippen LogP) is 1.39. The van der Waals surface area contributed by atoms with E-state index >= 15 is 0 Å². The van der Waals surface area contributed by atoms with E-state index in [1.54, 1.807) is 0 Å². The Labute approximate surface area is 63.7 Å². The second kappa shape index (κ2) is 2.99. The summed E-state index contributed by atoms with van der Waals surface area (Å²) in [5.41, 5.74) is 0.927. The molecule has 0 amide bonds. The summed E-state index contributed by atoms with van der Waals surface area (Å²) in [7, 11) is 0. The first-order valence-electron chi connectivity index (χ1n) is 2.98. The molecule has 54 valence electrons. The highest BCUT2D eigenvalue weighted by Gasteiger charge is 2.33. The molecule has 1 heterocycles. The van der Waals surface area contributed by atoms with Crippen molar-refractivity contribution >= 4 is 15.9 Å². The predicted molar refractivity (Wildman–Crippen MR) is 38.7 cm³/mol. The van der Waals surface area contributed by atoms with Crippen LogP contribution in [0.2, 0.25) is 0 Å². The van der Waals surface area contributed by atoms with Crippen molar-refractivity contribution in [1.82, 2.24) is 0 Å². The third-order valence-electron chi connectivity index (χ3n) is 1.43. The quantitative estimate of drug-likeness (QED) is 0.633. The molecule has 0 bridgehead atoms. The third kappa shape index (κ3) is 1.92. The lowest BCUT2D eigenvalue weighted by Gasteiger charge is -2.37. The SMILES string of the molecule is CC1(COCBr)COC1. The number of halogens is 1. The fraction of sp³-hybridized carbons (Fsp3) is 1.00. The molecule has 0 spiro atoms. The molecule has 1 saturated heterocycles. The first kappa shape index (κ1) is 7.51. The van der Waals surface area contributed by atoms with E-state index in [4.69, 9.17) is 9.47 Å². The minimum absolute atomic E-state index is 0.299. The van der Waals surface area contributed by atoms with Gasteiger partial charge in [-0.3, -0.25) is 0 Å². The van der Waals surface area contributed by atoms with Gasteiger partial charge in [-0.15, -0.1) is 0 Å². The lowest BCUT2D eigenvalue weighted by molar-refractivity contribution is -0.132. The zero-order valence-corrected chi connectivity index (χ0v) is 7.11. The van der Waals surface area contributed by atoms with Gasteiger partial charge in [0.2, 0.25) is 0 Å². The van der Waals surface area contributed by atoms with E-state index in [-0.39, 0.29) is 0 Å². The topological polar surface area (TPSA) is 18.5 Å². The van der Waals surface area contributed by atoms with E-state index in [9.17, 15) is 0 Å². The summed E-state index contributed by atoms with van der Waals surface area (Å²) in [6.45, 7) is 4.66. The lowest BCUT2D eigenvalue weighted by Crippen LogP contribution is -2.43. The first-order valence-corrected chi connectivity index (χ1v) is 4.10. The van der Waals surface area contributed by atoms with Gasteiger partial charge in [-0.1, -0.05) is 22.9 Å². The molecule has 3 heteroatoms. The Kier molecular flexibility index (Phi) is 2.50. The molecule has 0 radical (unpaired) electrons. The van der Waals surface area contributed by atoms with Crippen LogP contribution in [0.3, 0.4) is 0 Å². The number of rotatable bonds is 3. The number of hydrogen-bond donors (Lipinski definition) is 0. The van der Waals surface area contributed by atoms with E-state index in [1.807, 2.05) is 0 Å². The zero-order valence-electron chi connectivity index (χ0n) is 5.52. The van der Waals surface area contributed by atoms with Crippen LogP contribution >= 0.6 is 15.9 Å².